The standard InChI is InChI=1S/C15H20N2O4/c1-20-13(18)9-15(16)7-8-17(11-15)14(19)21-10-12-5-3-2-4-6-12/h2-6H,7-11,16H2,1H3. The van der Waals surface area contributed by atoms with Crippen LogP contribution in [0, 0.1) is 0 Å². The molecule has 1 aliphatic rings. The van der Waals surface area contributed by atoms with Gasteiger partial charge in [0, 0.05) is 18.6 Å². The zero-order chi connectivity index (χ0) is 15.3. The van der Waals surface area contributed by atoms with E-state index in [2.05, 4.69) is 4.74 Å². The maximum absolute atomic E-state index is 12.0. The average molecular weight is 292 g/mol. The Morgan fingerprint density at radius 3 is 2.71 bits per heavy atom. The van der Waals surface area contributed by atoms with Gasteiger partial charge in [0.1, 0.15) is 6.61 Å². The van der Waals surface area contributed by atoms with Crippen LogP contribution in [0.2, 0.25) is 0 Å². The Labute approximate surface area is 123 Å². The molecule has 114 valence electrons. The zero-order valence-corrected chi connectivity index (χ0v) is 12.1. The molecule has 0 aromatic heterocycles. The second kappa shape index (κ2) is 6.58. The normalized spacial score (nSPS) is 21.1. The molecule has 1 heterocycles. The van der Waals surface area contributed by atoms with Crippen molar-refractivity contribution in [2.75, 3.05) is 20.2 Å². The number of methoxy groups -OCH3 is 1. The van der Waals surface area contributed by atoms with Crippen molar-refractivity contribution in [3.8, 4) is 0 Å². The van der Waals surface area contributed by atoms with E-state index < -0.39 is 11.6 Å². The number of hydrogen-bond acceptors (Lipinski definition) is 5. The van der Waals surface area contributed by atoms with Gasteiger partial charge in [-0.1, -0.05) is 30.3 Å². The van der Waals surface area contributed by atoms with Gasteiger partial charge < -0.3 is 20.1 Å². The van der Waals surface area contributed by atoms with Crippen molar-refractivity contribution in [2.45, 2.75) is 25.0 Å². The van der Waals surface area contributed by atoms with E-state index in [9.17, 15) is 9.59 Å². The van der Waals surface area contributed by atoms with Crippen molar-refractivity contribution in [3.63, 3.8) is 0 Å². The fraction of sp³-hybridized carbons (Fsp3) is 0.467. The third-order valence-electron chi connectivity index (χ3n) is 3.57. The summed E-state index contributed by atoms with van der Waals surface area (Å²) in [5.74, 6) is -0.364. The minimum absolute atomic E-state index is 0.103. The van der Waals surface area contributed by atoms with Crippen molar-refractivity contribution in [1.82, 2.24) is 4.90 Å². The first-order valence-electron chi connectivity index (χ1n) is 6.84. The molecule has 1 atom stereocenters. The van der Waals surface area contributed by atoms with Crippen molar-refractivity contribution in [2.24, 2.45) is 5.73 Å². The predicted molar refractivity (Wildman–Crippen MR) is 76.4 cm³/mol. The van der Waals surface area contributed by atoms with E-state index in [1.807, 2.05) is 30.3 Å². The number of benzene rings is 1. The lowest BCUT2D eigenvalue weighted by Gasteiger charge is -2.23. The van der Waals surface area contributed by atoms with Crippen molar-refractivity contribution >= 4 is 12.1 Å². The van der Waals surface area contributed by atoms with E-state index in [1.165, 1.54) is 12.0 Å². The Bertz CT molecular complexity index is 506. The third-order valence-corrected chi connectivity index (χ3v) is 3.57. The predicted octanol–water partition coefficient (Wildman–Crippen LogP) is 1.29. The molecule has 6 nitrogen and oxygen atoms in total. The lowest BCUT2D eigenvalue weighted by Crippen LogP contribution is -2.45. The summed E-state index contributed by atoms with van der Waals surface area (Å²) in [4.78, 5) is 24.9. The number of rotatable bonds is 4. The number of esters is 1. The van der Waals surface area contributed by atoms with Crippen LogP contribution in [0.4, 0.5) is 4.79 Å². The molecule has 1 unspecified atom stereocenters. The van der Waals surface area contributed by atoms with Gasteiger partial charge in [-0.25, -0.2) is 4.79 Å². The van der Waals surface area contributed by atoms with Crippen LogP contribution in [-0.2, 0) is 20.9 Å². The largest absolute Gasteiger partial charge is 0.469 e. The first-order chi connectivity index (χ1) is 10.0. The fourth-order valence-corrected chi connectivity index (χ4v) is 2.37. The van der Waals surface area contributed by atoms with E-state index in [4.69, 9.17) is 10.5 Å². The van der Waals surface area contributed by atoms with Crippen LogP contribution < -0.4 is 5.73 Å². The van der Waals surface area contributed by atoms with Crippen LogP contribution in [0.15, 0.2) is 30.3 Å². The first-order valence-corrected chi connectivity index (χ1v) is 6.84. The van der Waals surface area contributed by atoms with Crippen LogP contribution in [0.1, 0.15) is 18.4 Å². The van der Waals surface area contributed by atoms with Crippen LogP contribution in [0.5, 0.6) is 0 Å². The quantitative estimate of drug-likeness (QED) is 0.846. The van der Waals surface area contributed by atoms with Gasteiger partial charge in [0.15, 0.2) is 0 Å². The first kappa shape index (κ1) is 15.3. The van der Waals surface area contributed by atoms with Crippen molar-refractivity contribution < 1.29 is 19.1 Å². The highest BCUT2D eigenvalue weighted by atomic mass is 16.6. The van der Waals surface area contributed by atoms with Gasteiger partial charge in [0.05, 0.1) is 13.5 Å². The Balaban J connectivity index is 1.83. The molecule has 1 fully saturated rings. The summed E-state index contributed by atoms with van der Waals surface area (Å²) in [6.07, 6.45) is 0.255. The molecule has 0 spiro atoms. The lowest BCUT2D eigenvalue weighted by atomic mass is 9.96. The van der Waals surface area contributed by atoms with E-state index in [0.717, 1.165) is 5.56 Å². The molecule has 21 heavy (non-hydrogen) atoms. The molecule has 1 amide bonds. The highest BCUT2D eigenvalue weighted by molar-refractivity contribution is 5.72. The molecule has 0 bridgehead atoms. The number of hydrogen-bond donors (Lipinski definition) is 1. The zero-order valence-electron chi connectivity index (χ0n) is 12.1. The summed E-state index contributed by atoms with van der Waals surface area (Å²) < 4.78 is 9.88. The summed E-state index contributed by atoms with van der Waals surface area (Å²) in [6.45, 7) is 1.02. The van der Waals surface area contributed by atoms with Gasteiger partial charge in [-0.05, 0) is 12.0 Å². The average Bonchev–Trinajstić information content (AvgIpc) is 2.88. The third kappa shape index (κ3) is 4.19. The Morgan fingerprint density at radius 1 is 1.33 bits per heavy atom. The molecule has 0 aliphatic carbocycles. The van der Waals surface area contributed by atoms with E-state index in [0.29, 0.717) is 19.5 Å². The number of amides is 1. The van der Waals surface area contributed by atoms with Crippen LogP contribution in [-0.4, -0.2) is 42.7 Å². The molecule has 1 aromatic rings. The van der Waals surface area contributed by atoms with E-state index in [1.54, 1.807) is 0 Å². The molecule has 1 saturated heterocycles. The molecule has 1 aromatic carbocycles. The minimum Gasteiger partial charge on any atom is -0.469 e. The Morgan fingerprint density at radius 2 is 2.05 bits per heavy atom. The maximum atomic E-state index is 12.0. The number of carbonyl (C=O) groups is 2. The van der Waals surface area contributed by atoms with Gasteiger partial charge in [-0.15, -0.1) is 0 Å². The molecule has 1 aliphatic heterocycles. The molecule has 0 radical (unpaired) electrons. The summed E-state index contributed by atoms with van der Waals surface area (Å²) in [6, 6.07) is 9.46. The van der Waals surface area contributed by atoms with Crippen molar-refractivity contribution in [3.05, 3.63) is 35.9 Å². The second-order valence-corrected chi connectivity index (χ2v) is 5.33. The Hall–Kier alpha value is -2.08. The molecule has 2 N–H and O–H groups in total. The fourth-order valence-electron chi connectivity index (χ4n) is 2.37. The highest BCUT2D eigenvalue weighted by Crippen LogP contribution is 2.23. The van der Waals surface area contributed by atoms with Crippen molar-refractivity contribution in [1.29, 1.82) is 0 Å². The van der Waals surface area contributed by atoms with E-state index in [-0.39, 0.29) is 19.0 Å². The number of nitrogens with two attached hydrogens (primary N) is 1. The maximum Gasteiger partial charge on any atom is 0.410 e. The van der Waals surface area contributed by atoms with Gasteiger partial charge in [0.2, 0.25) is 0 Å². The summed E-state index contributed by atoms with van der Waals surface area (Å²) >= 11 is 0. The van der Waals surface area contributed by atoms with Crippen LogP contribution >= 0.6 is 0 Å². The summed E-state index contributed by atoms with van der Waals surface area (Å²) in [5.41, 5.74) is 6.33. The second-order valence-electron chi connectivity index (χ2n) is 5.33. The smallest absolute Gasteiger partial charge is 0.410 e. The summed E-state index contributed by atoms with van der Waals surface area (Å²) in [5, 5.41) is 0. The van der Waals surface area contributed by atoms with Crippen LogP contribution in [0.25, 0.3) is 0 Å². The number of ether oxygens (including phenoxy) is 2. The minimum atomic E-state index is -0.723. The van der Waals surface area contributed by atoms with Gasteiger partial charge in [-0.2, -0.15) is 0 Å². The number of nitrogens with zero attached hydrogens (tertiary/aromatic N) is 1. The van der Waals surface area contributed by atoms with E-state index >= 15 is 0 Å². The van der Waals surface area contributed by atoms with Crippen LogP contribution in [0.3, 0.4) is 0 Å². The molecule has 2 rings (SSSR count). The molecular weight excluding hydrogens is 272 g/mol. The number of likely N-dealkylation sites (tertiary alicyclic amines) is 1. The topological polar surface area (TPSA) is 81.9 Å². The lowest BCUT2D eigenvalue weighted by molar-refractivity contribution is -0.141. The van der Waals surface area contributed by atoms with Gasteiger partial charge >= 0.3 is 12.1 Å². The Kier molecular flexibility index (Phi) is 4.80. The van der Waals surface area contributed by atoms with Gasteiger partial charge in [0.25, 0.3) is 0 Å². The van der Waals surface area contributed by atoms with Gasteiger partial charge in [-0.3, -0.25) is 4.79 Å². The monoisotopic (exact) mass is 292 g/mol. The molecule has 0 saturated carbocycles. The molecular formula is C15H20N2O4. The highest BCUT2D eigenvalue weighted by Gasteiger charge is 2.39. The number of carbonyl (C=O) groups excluding carboxylic acids is 2. The SMILES string of the molecule is COC(=O)CC1(N)CCN(C(=O)OCc2ccccc2)C1. The summed E-state index contributed by atoms with van der Waals surface area (Å²) in [7, 11) is 1.33. The molecule has 6 heteroatoms.